The lowest BCUT2D eigenvalue weighted by atomic mass is 10.3. The summed E-state index contributed by atoms with van der Waals surface area (Å²) in [5.41, 5.74) is 0.786. The zero-order valence-corrected chi connectivity index (χ0v) is 10.3. The van der Waals surface area contributed by atoms with Gasteiger partial charge in [-0.2, -0.15) is 0 Å². The number of tetrazole rings is 1. The van der Waals surface area contributed by atoms with Crippen molar-refractivity contribution < 1.29 is 4.74 Å². The van der Waals surface area contributed by atoms with Crippen LogP contribution in [0.1, 0.15) is 5.82 Å². The Bertz CT molecular complexity index is 513. The van der Waals surface area contributed by atoms with E-state index in [9.17, 15) is 0 Å². The van der Waals surface area contributed by atoms with Crippen LogP contribution in [0.4, 0.5) is 5.69 Å². The normalized spacial score (nSPS) is 10.3. The zero-order valence-electron chi connectivity index (χ0n) is 9.51. The third-order valence-corrected chi connectivity index (χ3v) is 2.65. The van der Waals surface area contributed by atoms with E-state index in [-0.39, 0.29) is 0 Å². The Kier molecular flexibility index (Phi) is 3.43. The summed E-state index contributed by atoms with van der Waals surface area (Å²) in [6, 6.07) is 5.40. The van der Waals surface area contributed by atoms with Crippen LogP contribution in [0.3, 0.4) is 0 Å². The Morgan fingerprint density at radius 1 is 1.47 bits per heavy atom. The first-order valence-electron chi connectivity index (χ1n) is 4.99. The number of hydrogen-bond donors (Lipinski definition) is 1. The zero-order chi connectivity index (χ0) is 12.3. The second kappa shape index (κ2) is 5.01. The molecule has 0 amide bonds. The summed E-state index contributed by atoms with van der Waals surface area (Å²) in [5.74, 6) is 1.47. The first-order valence-corrected chi connectivity index (χ1v) is 5.37. The highest BCUT2D eigenvalue weighted by atomic mass is 35.5. The number of nitrogens with one attached hydrogen (secondary N) is 1. The van der Waals surface area contributed by atoms with Gasteiger partial charge in [0.25, 0.3) is 0 Å². The van der Waals surface area contributed by atoms with Crippen molar-refractivity contribution in [1.82, 2.24) is 20.2 Å². The van der Waals surface area contributed by atoms with Gasteiger partial charge in [0.15, 0.2) is 5.82 Å². The van der Waals surface area contributed by atoms with Crippen LogP contribution < -0.4 is 10.1 Å². The van der Waals surface area contributed by atoms with Crippen molar-refractivity contribution in [3.8, 4) is 5.75 Å². The van der Waals surface area contributed by atoms with Crippen LogP contribution in [0.2, 0.25) is 5.02 Å². The number of ether oxygens (including phenoxy) is 1. The van der Waals surface area contributed by atoms with Gasteiger partial charge in [0.1, 0.15) is 5.75 Å². The lowest BCUT2D eigenvalue weighted by Crippen LogP contribution is -2.07. The van der Waals surface area contributed by atoms with Crippen molar-refractivity contribution in [3.05, 3.63) is 29.0 Å². The number of rotatable bonds is 4. The van der Waals surface area contributed by atoms with Crippen molar-refractivity contribution in [1.29, 1.82) is 0 Å². The topological polar surface area (TPSA) is 64.9 Å². The number of methoxy groups -OCH3 is 1. The van der Waals surface area contributed by atoms with E-state index in [0.29, 0.717) is 11.6 Å². The average Bonchev–Trinajstić information content (AvgIpc) is 2.74. The van der Waals surface area contributed by atoms with E-state index < -0.39 is 0 Å². The second-order valence-electron chi connectivity index (χ2n) is 3.42. The van der Waals surface area contributed by atoms with Gasteiger partial charge < -0.3 is 10.1 Å². The summed E-state index contributed by atoms with van der Waals surface area (Å²) >= 11 is 6.06. The lowest BCUT2D eigenvalue weighted by Gasteiger charge is -2.09. The SMILES string of the molecule is COc1ccc(Cl)c(NCc2nnnn2C)c1. The molecule has 0 aliphatic rings. The first-order chi connectivity index (χ1) is 8.20. The molecular formula is C10H12ClN5O. The first kappa shape index (κ1) is 11.7. The van der Waals surface area contributed by atoms with Gasteiger partial charge in [0.05, 0.1) is 24.4 Å². The Hall–Kier alpha value is -1.82. The molecule has 0 fully saturated rings. The number of aryl methyl sites for hydroxylation is 1. The number of aromatic nitrogens is 4. The summed E-state index contributed by atoms with van der Waals surface area (Å²) in [6.07, 6.45) is 0. The minimum absolute atomic E-state index is 0.496. The molecule has 1 aromatic heterocycles. The fourth-order valence-electron chi connectivity index (χ4n) is 1.34. The highest BCUT2D eigenvalue weighted by molar-refractivity contribution is 6.33. The molecule has 0 unspecified atom stereocenters. The molecule has 90 valence electrons. The summed E-state index contributed by atoms with van der Waals surface area (Å²) < 4.78 is 6.72. The Morgan fingerprint density at radius 3 is 2.94 bits per heavy atom. The van der Waals surface area contributed by atoms with E-state index >= 15 is 0 Å². The number of nitrogens with zero attached hydrogens (tertiary/aromatic N) is 4. The third kappa shape index (κ3) is 2.65. The molecule has 0 radical (unpaired) electrons. The minimum atomic E-state index is 0.496. The molecule has 6 nitrogen and oxygen atoms in total. The van der Waals surface area contributed by atoms with Crippen LogP contribution in [0.15, 0.2) is 18.2 Å². The van der Waals surface area contributed by atoms with Crippen LogP contribution in [0.5, 0.6) is 5.75 Å². The number of halogens is 1. The lowest BCUT2D eigenvalue weighted by molar-refractivity contribution is 0.415. The van der Waals surface area contributed by atoms with Crippen LogP contribution >= 0.6 is 11.6 Å². The average molecular weight is 254 g/mol. The number of benzene rings is 1. The largest absolute Gasteiger partial charge is 0.497 e. The summed E-state index contributed by atoms with van der Waals surface area (Å²) in [7, 11) is 3.39. The maximum absolute atomic E-state index is 6.06. The smallest absolute Gasteiger partial charge is 0.170 e. The molecule has 0 aliphatic heterocycles. The van der Waals surface area contributed by atoms with Crippen LogP contribution in [-0.2, 0) is 13.6 Å². The van der Waals surface area contributed by atoms with Gasteiger partial charge in [-0.1, -0.05) is 11.6 Å². The quantitative estimate of drug-likeness (QED) is 0.894. The maximum atomic E-state index is 6.06. The molecule has 0 bridgehead atoms. The van der Waals surface area contributed by atoms with Gasteiger partial charge in [-0.3, -0.25) is 0 Å². The van der Waals surface area contributed by atoms with Gasteiger partial charge in [-0.05, 0) is 22.6 Å². The molecule has 0 saturated carbocycles. The molecule has 1 N–H and O–H groups in total. The molecule has 0 aliphatic carbocycles. The molecule has 1 aromatic carbocycles. The minimum Gasteiger partial charge on any atom is -0.497 e. The predicted molar refractivity (Wildman–Crippen MR) is 64.1 cm³/mol. The van der Waals surface area contributed by atoms with E-state index in [1.807, 2.05) is 6.07 Å². The fourth-order valence-corrected chi connectivity index (χ4v) is 1.52. The molecule has 2 rings (SSSR count). The Labute approximate surface area is 104 Å². The summed E-state index contributed by atoms with van der Waals surface area (Å²) in [4.78, 5) is 0. The van der Waals surface area contributed by atoms with Crippen LogP contribution in [0.25, 0.3) is 0 Å². The molecular weight excluding hydrogens is 242 g/mol. The van der Waals surface area contributed by atoms with Gasteiger partial charge in [-0.15, -0.1) is 5.10 Å². The highest BCUT2D eigenvalue weighted by Crippen LogP contribution is 2.26. The standard InChI is InChI=1S/C10H12ClN5O/c1-16-10(13-14-15-16)6-12-9-5-7(17-2)3-4-8(9)11/h3-5,12H,6H2,1-2H3. The molecule has 0 saturated heterocycles. The molecule has 17 heavy (non-hydrogen) atoms. The summed E-state index contributed by atoms with van der Waals surface area (Å²) in [5, 5.41) is 14.9. The van der Waals surface area contributed by atoms with Crippen molar-refractivity contribution in [3.63, 3.8) is 0 Å². The molecule has 0 atom stereocenters. The van der Waals surface area contributed by atoms with E-state index in [4.69, 9.17) is 16.3 Å². The Balaban J connectivity index is 2.11. The van der Waals surface area contributed by atoms with Crippen molar-refractivity contribution in [2.75, 3.05) is 12.4 Å². The molecule has 1 heterocycles. The van der Waals surface area contributed by atoms with E-state index in [1.54, 1.807) is 31.0 Å². The molecule has 7 heteroatoms. The van der Waals surface area contributed by atoms with Crippen molar-refractivity contribution >= 4 is 17.3 Å². The molecule has 2 aromatic rings. The van der Waals surface area contributed by atoms with E-state index in [0.717, 1.165) is 17.3 Å². The monoisotopic (exact) mass is 253 g/mol. The highest BCUT2D eigenvalue weighted by Gasteiger charge is 2.05. The van der Waals surface area contributed by atoms with Gasteiger partial charge >= 0.3 is 0 Å². The third-order valence-electron chi connectivity index (χ3n) is 2.32. The number of anilines is 1. The van der Waals surface area contributed by atoms with Crippen LogP contribution in [0, 0.1) is 0 Å². The van der Waals surface area contributed by atoms with E-state index in [2.05, 4.69) is 20.8 Å². The maximum Gasteiger partial charge on any atom is 0.170 e. The Morgan fingerprint density at radius 2 is 2.29 bits per heavy atom. The van der Waals surface area contributed by atoms with Gasteiger partial charge in [-0.25, -0.2) is 4.68 Å². The second-order valence-corrected chi connectivity index (χ2v) is 3.83. The van der Waals surface area contributed by atoms with Gasteiger partial charge in [0.2, 0.25) is 0 Å². The van der Waals surface area contributed by atoms with Crippen LogP contribution in [-0.4, -0.2) is 27.3 Å². The number of hydrogen-bond acceptors (Lipinski definition) is 5. The van der Waals surface area contributed by atoms with E-state index in [1.165, 1.54) is 0 Å². The predicted octanol–water partition coefficient (Wildman–Crippen LogP) is 1.48. The molecule has 0 spiro atoms. The summed E-state index contributed by atoms with van der Waals surface area (Å²) in [6.45, 7) is 0.496. The van der Waals surface area contributed by atoms with Crippen molar-refractivity contribution in [2.24, 2.45) is 7.05 Å². The fraction of sp³-hybridized carbons (Fsp3) is 0.300. The van der Waals surface area contributed by atoms with Crippen molar-refractivity contribution in [2.45, 2.75) is 6.54 Å². The van der Waals surface area contributed by atoms with Gasteiger partial charge in [0, 0.05) is 13.1 Å².